The van der Waals surface area contributed by atoms with Crippen molar-refractivity contribution < 1.29 is 13.9 Å². The molecule has 60 valence electrons. The normalized spacial score (nSPS) is 9.18. The van der Waals surface area contributed by atoms with Crippen molar-refractivity contribution in [2.24, 2.45) is 0 Å². The van der Waals surface area contributed by atoms with Crippen molar-refractivity contribution in [1.29, 1.82) is 0 Å². The van der Waals surface area contributed by atoms with Crippen LogP contribution in [0.25, 0.3) is 0 Å². The van der Waals surface area contributed by atoms with E-state index in [0.717, 1.165) is 5.56 Å². The zero-order valence-electron chi connectivity index (χ0n) is 6.16. The summed E-state index contributed by atoms with van der Waals surface area (Å²) in [6.45, 7) is 0.246. The van der Waals surface area contributed by atoms with Gasteiger partial charge in [0.05, 0.1) is 12.5 Å². The summed E-state index contributed by atoms with van der Waals surface area (Å²) >= 11 is 0. The van der Waals surface area contributed by atoms with Gasteiger partial charge in [-0.1, -0.05) is 0 Å². The fraction of sp³-hybridized carbons (Fsp3) is 0.286. The van der Waals surface area contributed by atoms with Crippen LogP contribution in [0, 0.1) is 0 Å². The lowest BCUT2D eigenvalue weighted by Crippen LogP contribution is -2.18. The summed E-state index contributed by atoms with van der Waals surface area (Å²) in [6.07, 6.45) is 2.62. The highest BCUT2D eigenvalue weighted by Crippen LogP contribution is 2.01. The Balaban J connectivity index is 2.29. The van der Waals surface area contributed by atoms with Crippen LogP contribution in [0.5, 0.6) is 0 Å². The van der Waals surface area contributed by atoms with Crippen LogP contribution < -0.4 is 5.32 Å². The van der Waals surface area contributed by atoms with Crippen molar-refractivity contribution in [3.8, 4) is 0 Å². The summed E-state index contributed by atoms with van der Waals surface area (Å²) in [6, 6.07) is 1.74. The predicted octanol–water partition coefficient (Wildman–Crippen LogP) is 1.14. The van der Waals surface area contributed by atoms with E-state index in [-0.39, 0.29) is 6.61 Å². The molecule has 0 atom stereocenters. The third-order valence-electron chi connectivity index (χ3n) is 1.15. The SMILES string of the molecule is CNC(=O)OCc1ccoc1. The molecule has 0 aromatic carbocycles. The molecule has 0 saturated carbocycles. The molecule has 1 aromatic rings. The summed E-state index contributed by atoms with van der Waals surface area (Å²) in [4.78, 5) is 10.5. The minimum absolute atomic E-state index is 0.246. The summed E-state index contributed by atoms with van der Waals surface area (Å²) in [5.74, 6) is 0. The molecule has 4 nitrogen and oxygen atoms in total. The molecule has 0 aliphatic rings. The van der Waals surface area contributed by atoms with Gasteiger partial charge in [-0.05, 0) is 6.07 Å². The number of carbonyl (C=O) groups is 1. The third kappa shape index (κ3) is 2.33. The Morgan fingerprint density at radius 1 is 1.82 bits per heavy atom. The standard InChI is InChI=1S/C7H9NO3/c1-8-7(9)11-5-6-2-3-10-4-6/h2-4H,5H2,1H3,(H,8,9). The van der Waals surface area contributed by atoms with Gasteiger partial charge in [0.1, 0.15) is 6.61 Å². The molecule has 0 saturated heterocycles. The average Bonchev–Trinajstić information content (AvgIpc) is 2.52. The molecule has 4 heteroatoms. The zero-order valence-corrected chi connectivity index (χ0v) is 6.16. The molecule has 1 aromatic heterocycles. The monoisotopic (exact) mass is 155 g/mol. The molecular formula is C7H9NO3. The minimum atomic E-state index is -0.439. The van der Waals surface area contributed by atoms with Gasteiger partial charge in [-0.3, -0.25) is 0 Å². The average molecular weight is 155 g/mol. The minimum Gasteiger partial charge on any atom is -0.472 e. The van der Waals surface area contributed by atoms with Crippen LogP contribution in [-0.2, 0) is 11.3 Å². The molecule has 0 unspecified atom stereocenters. The highest BCUT2D eigenvalue weighted by atomic mass is 16.5. The van der Waals surface area contributed by atoms with Crippen molar-refractivity contribution in [3.63, 3.8) is 0 Å². The van der Waals surface area contributed by atoms with Crippen LogP contribution in [-0.4, -0.2) is 13.1 Å². The maximum atomic E-state index is 10.5. The fourth-order valence-corrected chi connectivity index (χ4v) is 0.596. The van der Waals surface area contributed by atoms with E-state index in [1.807, 2.05) is 0 Å². The Labute approximate surface area is 64.1 Å². The second kappa shape index (κ2) is 3.65. The molecule has 1 amide bonds. The summed E-state index contributed by atoms with van der Waals surface area (Å²) in [5.41, 5.74) is 0.841. The molecule has 1 heterocycles. The maximum Gasteiger partial charge on any atom is 0.407 e. The van der Waals surface area contributed by atoms with Crippen LogP contribution in [0.4, 0.5) is 4.79 Å². The van der Waals surface area contributed by atoms with E-state index in [2.05, 4.69) is 5.32 Å². The van der Waals surface area contributed by atoms with Crippen molar-refractivity contribution in [3.05, 3.63) is 24.2 Å². The molecule has 0 aliphatic heterocycles. The van der Waals surface area contributed by atoms with Crippen molar-refractivity contribution in [2.75, 3.05) is 7.05 Å². The molecule has 0 fully saturated rings. The maximum absolute atomic E-state index is 10.5. The highest BCUT2D eigenvalue weighted by Gasteiger charge is 1.98. The van der Waals surface area contributed by atoms with Crippen LogP contribution in [0.1, 0.15) is 5.56 Å². The van der Waals surface area contributed by atoms with E-state index in [9.17, 15) is 4.79 Å². The Hall–Kier alpha value is -1.45. The number of rotatable bonds is 2. The van der Waals surface area contributed by atoms with Gasteiger partial charge in [0, 0.05) is 12.6 Å². The van der Waals surface area contributed by atoms with Gasteiger partial charge in [0.25, 0.3) is 0 Å². The van der Waals surface area contributed by atoms with E-state index in [4.69, 9.17) is 9.15 Å². The summed E-state index contributed by atoms with van der Waals surface area (Å²) in [5, 5.41) is 2.34. The number of ether oxygens (including phenoxy) is 1. The lowest BCUT2D eigenvalue weighted by molar-refractivity contribution is 0.141. The second-order valence-corrected chi connectivity index (χ2v) is 1.96. The molecule has 0 aliphatic carbocycles. The van der Waals surface area contributed by atoms with E-state index < -0.39 is 6.09 Å². The molecule has 1 rings (SSSR count). The molecule has 11 heavy (non-hydrogen) atoms. The second-order valence-electron chi connectivity index (χ2n) is 1.96. The van der Waals surface area contributed by atoms with E-state index in [0.29, 0.717) is 0 Å². The lowest BCUT2D eigenvalue weighted by atomic mass is 10.4. The molecule has 0 radical (unpaired) electrons. The van der Waals surface area contributed by atoms with Crippen molar-refractivity contribution in [1.82, 2.24) is 5.32 Å². The number of alkyl carbamates (subject to hydrolysis) is 1. The number of nitrogens with one attached hydrogen (secondary N) is 1. The molecule has 1 N–H and O–H groups in total. The van der Waals surface area contributed by atoms with E-state index in [1.165, 1.54) is 19.6 Å². The first-order valence-electron chi connectivity index (χ1n) is 3.18. The first-order valence-corrected chi connectivity index (χ1v) is 3.18. The quantitative estimate of drug-likeness (QED) is 0.696. The van der Waals surface area contributed by atoms with Gasteiger partial charge >= 0.3 is 6.09 Å². The van der Waals surface area contributed by atoms with Crippen molar-refractivity contribution >= 4 is 6.09 Å². The van der Waals surface area contributed by atoms with Crippen LogP contribution in [0.3, 0.4) is 0 Å². The summed E-state index contributed by atoms with van der Waals surface area (Å²) in [7, 11) is 1.51. The number of amides is 1. The van der Waals surface area contributed by atoms with Gasteiger partial charge in [0.15, 0.2) is 0 Å². The van der Waals surface area contributed by atoms with Gasteiger partial charge in [-0.15, -0.1) is 0 Å². The van der Waals surface area contributed by atoms with Crippen LogP contribution in [0.2, 0.25) is 0 Å². The number of hydrogen-bond acceptors (Lipinski definition) is 3. The van der Waals surface area contributed by atoms with Crippen molar-refractivity contribution in [2.45, 2.75) is 6.61 Å². The van der Waals surface area contributed by atoms with Crippen LogP contribution >= 0.6 is 0 Å². The first-order chi connectivity index (χ1) is 5.33. The Kier molecular flexibility index (Phi) is 2.54. The molecule has 0 bridgehead atoms. The fourth-order valence-electron chi connectivity index (χ4n) is 0.596. The highest BCUT2D eigenvalue weighted by molar-refractivity contribution is 5.66. The smallest absolute Gasteiger partial charge is 0.407 e. The van der Waals surface area contributed by atoms with E-state index >= 15 is 0 Å². The van der Waals surface area contributed by atoms with Gasteiger partial charge < -0.3 is 14.5 Å². The number of furan rings is 1. The Bertz CT molecular complexity index is 218. The largest absolute Gasteiger partial charge is 0.472 e. The zero-order chi connectivity index (χ0) is 8.10. The summed E-state index contributed by atoms with van der Waals surface area (Å²) < 4.78 is 9.49. The Morgan fingerprint density at radius 2 is 2.64 bits per heavy atom. The topological polar surface area (TPSA) is 51.5 Å². The number of carbonyl (C=O) groups excluding carboxylic acids is 1. The third-order valence-corrected chi connectivity index (χ3v) is 1.15. The van der Waals surface area contributed by atoms with Gasteiger partial charge in [-0.25, -0.2) is 4.79 Å². The van der Waals surface area contributed by atoms with E-state index in [1.54, 1.807) is 6.07 Å². The van der Waals surface area contributed by atoms with Gasteiger partial charge in [0.2, 0.25) is 0 Å². The molecule has 0 spiro atoms. The predicted molar refractivity (Wildman–Crippen MR) is 38.0 cm³/mol. The van der Waals surface area contributed by atoms with Gasteiger partial charge in [-0.2, -0.15) is 0 Å². The molecular weight excluding hydrogens is 146 g/mol. The first kappa shape index (κ1) is 7.65. The Morgan fingerprint density at radius 3 is 3.18 bits per heavy atom. The van der Waals surface area contributed by atoms with Crippen LogP contribution in [0.15, 0.2) is 23.0 Å². The lowest BCUT2D eigenvalue weighted by Gasteiger charge is -1.99. The number of hydrogen-bond donors (Lipinski definition) is 1.